The van der Waals surface area contributed by atoms with E-state index in [9.17, 15) is 0 Å². The largest absolute Gasteiger partial charge is 0.265 e. The normalized spacial score (nSPS) is 14.8. The molecule has 0 amide bonds. The van der Waals surface area contributed by atoms with Crippen molar-refractivity contribution in [2.45, 2.75) is 32.6 Å². The van der Waals surface area contributed by atoms with Crippen molar-refractivity contribution in [2.75, 3.05) is 0 Å². The van der Waals surface area contributed by atoms with E-state index in [0.29, 0.717) is 0 Å². The van der Waals surface area contributed by atoms with E-state index < -0.39 is 0 Å². The number of hydrogen-bond acceptors (Lipinski definition) is 1. The summed E-state index contributed by atoms with van der Waals surface area (Å²) in [6, 6.07) is 27.2. The Morgan fingerprint density at radius 2 is 1.41 bits per heavy atom. The van der Waals surface area contributed by atoms with Crippen LogP contribution in [0.4, 0.5) is 0 Å². The van der Waals surface area contributed by atoms with E-state index >= 15 is 0 Å². The molecule has 4 aromatic carbocycles. The first kappa shape index (κ1) is 22.0. The molecule has 0 spiro atoms. The lowest BCUT2D eigenvalue weighted by Crippen LogP contribution is -2.15. The molecular weight excluding hydrogens is 446 g/mol. The van der Waals surface area contributed by atoms with Gasteiger partial charge >= 0.3 is 0 Å². The highest BCUT2D eigenvalue weighted by molar-refractivity contribution is 6.10. The van der Waals surface area contributed by atoms with Gasteiger partial charge < -0.3 is 0 Å². The molecule has 0 atom stereocenters. The minimum Gasteiger partial charge on any atom is -0.265 e. The maximum Gasteiger partial charge on any atom is 0.0273 e. The molecule has 1 heterocycles. The molecule has 1 nitrogen and oxygen atoms in total. The van der Waals surface area contributed by atoms with Gasteiger partial charge in [0.1, 0.15) is 0 Å². The van der Waals surface area contributed by atoms with E-state index in [-0.39, 0.29) is 5.41 Å². The first-order chi connectivity index (χ1) is 18.0. The Balaban J connectivity index is 1.55. The van der Waals surface area contributed by atoms with Crippen molar-refractivity contribution >= 4 is 16.8 Å². The predicted octanol–water partition coefficient (Wildman–Crippen LogP) is 9.31. The zero-order valence-corrected chi connectivity index (χ0v) is 21.5. The number of rotatable bonds is 2. The van der Waals surface area contributed by atoms with Crippen LogP contribution in [-0.4, -0.2) is 4.98 Å². The van der Waals surface area contributed by atoms with Crippen LogP contribution in [0.15, 0.2) is 103 Å². The van der Waals surface area contributed by atoms with Crippen LogP contribution in [-0.2, 0) is 11.8 Å². The van der Waals surface area contributed by atoms with E-state index in [1.807, 2.05) is 12.4 Å². The Morgan fingerprint density at radius 3 is 2.19 bits per heavy atom. The van der Waals surface area contributed by atoms with Crippen molar-refractivity contribution < 1.29 is 0 Å². The molecular formula is C36H29N. The van der Waals surface area contributed by atoms with Crippen molar-refractivity contribution in [3.8, 4) is 33.4 Å². The first-order valence-electron chi connectivity index (χ1n) is 13.1. The van der Waals surface area contributed by atoms with Gasteiger partial charge in [-0.1, -0.05) is 98.3 Å². The molecule has 2 aliphatic rings. The van der Waals surface area contributed by atoms with Gasteiger partial charge in [-0.25, -0.2) is 0 Å². The van der Waals surface area contributed by atoms with Gasteiger partial charge in [-0.3, -0.25) is 4.98 Å². The molecule has 0 saturated carbocycles. The average Bonchev–Trinajstić information content (AvgIpc) is 3.06. The fraction of sp³-hybridized carbons (Fsp3) is 0.139. The summed E-state index contributed by atoms with van der Waals surface area (Å²) in [6.07, 6.45) is 13.6. The number of fused-ring (bicyclic) bond motifs is 5. The third-order valence-corrected chi connectivity index (χ3v) is 8.28. The Kier molecular flexibility index (Phi) is 4.84. The highest BCUT2D eigenvalue weighted by Gasteiger charge is 2.36. The Morgan fingerprint density at radius 1 is 0.703 bits per heavy atom. The summed E-state index contributed by atoms with van der Waals surface area (Å²) in [5.41, 5.74) is 14.7. The molecule has 0 unspecified atom stereocenters. The second-order valence-corrected chi connectivity index (χ2v) is 10.8. The summed E-state index contributed by atoms with van der Waals surface area (Å²) in [6.45, 7) is 6.93. The number of allylic oxidation sites excluding steroid dienone is 3. The lowest BCUT2D eigenvalue weighted by Gasteiger charge is -2.24. The highest BCUT2D eigenvalue weighted by Crippen LogP contribution is 2.51. The topological polar surface area (TPSA) is 12.9 Å². The summed E-state index contributed by atoms with van der Waals surface area (Å²) in [4.78, 5) is 4.29. The maximum absolute atomic E-state index is 4.29. The van der Waals surface area contributed by atoms with Gasteiger partial charge in [0.25, 0.3) is 0 Å². The Bertz CT molecular complexity index is 1770. The van der Waals surface area contributed by atoms with Crippen LogP contribution < -0.4 is 0 Å². The standard InChI is InChI=1S/C36H29N/c1-23-13-15-26-27-16-14-25(22-33(27)36(2,3)32(26)21-23)35-30-10-6-4-5-9-28(30)34(24-17-19-37-20-18-24)29-11-7-8-12-31(29)35/h4-8,10-22H,9H2,1-3H3. The van der Waals surface area contributed by atoms with Gasteiger partial charge in [0, 0.05) is 17.8 Å². The predicted molar refractivity (Wildman–Crippen MR) is 157 cm³/mol. The molecule has 0 radical (unpaired) electrons. The fourth-order valence-electron chi connectivity index (χ4n) is 6.49. The van der Waals surface area contributed by atoms with Crippen LogP contribution in [0.5, 0.6) is 0 Å². The van der Waals surface area contributed by atoms with Crippen LogP contribution in [0.1, 0.15) is 41.7 Å². The first-order valence-corrected chi connectivity index (χ1v) is 13.1. The van der Waals surface area contributed by atoms with Crippen LogP contribution in [0.25, 0.3) is 50.2 Å². The quantitative estimate of drug-likeness (QED) is 0.248. The highest BCUT2D eigenvalue weighted by atomic mass is 14.6. The average molecular weight is 476 g/mol. The number of benzene rings is 4. The van der Waals surface area contributed by atoms with E-state index in [0.717, 1.165) is 6.42 Å². The van der Waals surface area contributed by atoms with Crippen LogP contribution in [0.2, 0.25) is 0 Å². The monoisotopic (exact) mass is 475 g/mol. The summed E-state index contributed by atoms with van der Waals surface area (Å²) >= 11 is 0. The lowest BCUT2D eigenvalue weighted by molar-refractivity contribution is 0.660. The zero-order chi connectivity index (χ0) is 25.1. The molecule has 1 aromatic heterocycles. The van der Waals surface area contributed by atoms with Gasteiger partial charge in [0.05, 0.1) is 0 Å². The van der Waals surface area contributed by atoms with Gasteiger partial charge in [-0.15, -0.1) is 0 Å². The van der Waals surface area contributed by atoms with Gasteiger partial charge in [0.15, 0.2) is 0 Å². The van der Waals surface area contributed by atoms with E-state index in [1.165, 1.54) is 72.0 Å². The molecule has 0 saturated heterocycles. The molecule has 0 aliphatic heterocycles. The third kappa shape index (κ3) is 3.27. The zero-order valence-electron chi connectivity index (χ0n) is 21.5. The van der Waals surface area contributed by atoms with Crippen LogP contribution in [0.3, 0.4) is 0 Å². The summed E-state index contributed by atoms with van der Waals surface area (Å²) in [5.74, 6) is 0. The fourth-order valence-corrected chi connectivity index (χ4v) is 6.49. The lowest BCUT2D eigenvalue weighted by atomic mass is 9.79. The second kappa shape index (κ2) is 8.15. The molecule has 7 rings (SSSR count). The van der Waals surface area contributed by atoms with Crippen LogP contribution >= 0.6 is 0 Å². The molecule has 0 fully saturated rings. The molecule has 0 N–H and O–H groups in total. The Hall–Kier alpha value is -4.23. The van der Waals surface area contributed by atoms with Gasteiger partial charge in [-0.2, -0.15) is 0 Å². The number of aromatic nitrogens is 1. The summed E-state index contributed by atoms with van der Waals surface area (Å²) in [7, 11) is 0. The van der Waals surface area contributed by atoms with E-state index in [2.05, 4.69) is 123 Å². The number of hydrogen-bond donors (Lipinski definition) is 0. The molecule has 37 heavy (non-hydrogen) atoms. The van der Waals surface area contributed by atoms with Gasteiger partial charge in [-0.05, 0) is 98.0 Å². The molecule has 5 aromatic rings. The van der Waals surface area contributed by atoms with Crippen molar-refractivity contribution in [2.24, 2.45) is 0 Å². The SMILES string of the molecule is Cc1ccc2c(c1)C(C)(C)c1cc(-c3c4c(c(-c5ccncc5)c5ccccc35)CC=CC=C4)ccc1-2. The van der Waals surface area contributed by atoms with Crippen molar-refractivity contribution in [1.29, 1.82) is 0 Å². The van der Waals surface area contributed by atoms with Crippen molar-refractivity contribution in [3.05, 3.63) is 131 Å². The van der Waals surface area contributed by atoms with Crippen LogP contribution in [0, 0.1) is 6.92 Å². The van der Waals surface area contributed by atoms with E-state index in [1.54, 1.807) is 0 Å². The maximum atomic E-state index is 4.29. The smallest absolute Gasteiger partial charge is 0.0273 e. The van der Waals surface area contributed by atoms with Gasteiger partial charge in [0.2, 0.25) is 0 Å². The van der Waals surface area contributed by atoms with Crippen molar-refractivity contribution in [3.63, 3.8) is 0 Å². The number of nitrogens with zero attached hydrogens (tertiary/aromatic N) is 1. The summed E-state index contributed by atoms with van der Waals surface area (Å²) < 4.78 is 0. The third-order valence-electron chi connectivity index (χ3n) is 8.28. The minimum absolute atomic E-state index is 0.0339. The summed E-state index contributed by atoms with van der Waals surface area (Å²) in [5, 5.41) is 2.59. The van der Waals surface area contributed by atoms with E-state index in [4.69, 9.17) is 0 Å². The molecule has 0 bridgehead atoms. The minimum atomic E-state index is -0.0339. The van der Waals surface area contributed by atoms with Crippen molar-refractivity contribution in [1.82, 2.24) is 4.98 Å². The number of pyridine rings is 1. The molecule has 1 heteroatoms. The Labute approximate surface area is 218 Å². The number of aryl methyl sites for hydroxylation is 1. The second-order valence-electron chi connectivity index (χ2n) is 10.8. The molecule has 2 aliphatic carbocycles. The molecule has 178 valence electrons.